The number of hydrogen-bond donors (Lipinski definition) is 3. The SMILES string of the molecule is Cc1cc2c(N3CCOc4cc(-c5ccc(C(=O)NCC#Cc6cccc(NC7CCC(=O)NC7=O)c6)nc5)ccc43)cc(C(C)C)cc2n(C)c1=O. The number of pyridine rings is 2. The van der Waals surface area contributed by atoms with Crippen LogP contribution in [-0.4, -0.2) is 53.0 Å². The van der Waals surface area contributed by atoms with Gasteiger partial charge in [-0.05, 0) is 85.0 Å². The van der Waals surface area contributed by atoms with E-state index in [1.807, 2.05) is 68.6 Å². The molecule has 3 aromatic carbocycles. The molecular weight excluding hydrogens is 668 g/mol. The van der Waals surface area contributed by atoms with Gasteiger partial charge >= 0.3 is 0 Å². The molecule has 268 valence electrons. The number of aryl methyl sites for hydroxylation is 2. The van der Waals surface area contributed by atoms with Crippen LogP contribution in [0.4, 0.5) is 17.1 Å². The number of amides is 3. The molecule has 0 bridgehead atoms. The van der Waals surface area contributed by atoms with E-state index < -0.39 is 6.04 Å². The minimum atomic E-state index is -0.483. The lowest BCUT2D eigenvalue weighted by atomic mass is 9.98. The molecule has 11 nitrogen and oxygen atoms in total. The fourth-order valence-corrected chi connectivity index (χ4v) is 6.71. The molecule has 2 aliphatic rings. The first kappa shape index (κ1) is 35.0. The third-order valence-corrected chi connectivity index (χ3v) is 9.65. The highest BCUT2D eigenvalue weighted by molar-refractivity contribution is 6.01. The maximum atomic E-state index is 12.9. The van der Waals surface area contributed by atoms with Crippen molar-refractivity contribution < 1.29 is 19.1 Å². The number of rotatable bonds is 7. The van der Waals surface area contributed by atoms with Gasteiger partial charge < -0.3 is 24.8 Å². The first-order chi connectivity index (χ1) is 25.5. The normalized spacial score (nSPS) is 15.3. The van der Waals surface area contributed by atoms with Gasteiger partial charge in [0.2, 0.25) is 11.8 Å². The zero-order valence-corrected chi connectivity index (χ0v) is 30.1. The predicted octanol–water partition coefficient (Wildman–Crippen LogP) is 5.56. The van der Waals surface area contributed by atoms with Gasteiger partial charge in [-0.2, -0.15) is 0 Å². The van der Waals surface area contributed by atoms with Gasteiger partial charge in [0, 0.05) is 47.4 Å². The maximum absolute atomic E-state index is 12.9. The second-order valence-electron chi connectivity index (χ2n) is 13.6. The van der Waals surface area contributed by atoms with Gasteiger partial charge in [-0.15, -0.1) is 0 Å². The quantitative estimate of drug-likeness (QED) is 0.148. The molecule has 11 heteroatoms. The monoisotopic (exact) mass is 708 g/mol. The first-order valence-corrected chi connectivity index (χ1v) is 17.7. The van der Waals surface area contributed by atoms with E-state index in [2.05, 4.69) is 63.7 Å². The van der Waals surface area contributed by atoms with Crippen molar-refractivity contribution in [2.24, 2.45) is 7.05 Å². The second-order valence-corrected chi connectivity index (χ2v) is 13.6. The highest BCUT2D eigenvalue weighted by Gasteiger charge is 2.27. The van der Waals surface area contributed by atoms with Gasteiger partial charge in [-0.25, -0.2) is 0 Å². The van der Waals surface area contributed by atoms with Crippen LogP contribution >= 0.6 is 0 Å². The Morgan fingerprint density at radius 3 is 2.62 bits per heavy atom. The van der Waals surface area contributed by atoms with E-state index in [0.29, 0.717) is 31.6 Å². The van der Waals surface area contributed by atoms with Gasteiger partial charge in [0.25, 0.3) is 11.5 Å². The topological polar surface area (TPSA) is 135 Å². The molecule has 5 aromatic rings. The molecule has 1 atom stereocenters. The standard InChI is InChI=1S/C42H40N6O5/c1-25(2)30-21-36-32(19-26(3)42(52)47(36)4)37(22-30)48-17-18-53-38-23-28(11-14-35(38)48)29-10-12-33(44-24-29)40(50)43-16-6-8-27-7-5-9-31(20-27)45-34-13-15-39(49)46-41(34)51/h5,7,9-12,14,19-25,34,45H,13,15-18H2,1-4H3,(H,43,50)(H,46,49,51). The summed E-state index contributed by atoms with van der Waals surface area (Å²) in [4.78, 5) is 55.9. The number of nitrogens with one attached hydrogen (secondary N) is 3. The van der Waals surface area contributed by atoms with Crippen molar-refractivity contribution in [3.63, 3.8) is 0 Å². The van der Waals surface area contributed by atoms with Crippen LogP contribution in [0, 0.1) is 18.8 Å². The zero-order valence-electron chi connectivity index (χ0n) is 30.1. The molecule has 1 unspecified atom stereocenters. The van der Waals surface area contributed by atoms with Crippen LogP contribution in [0.1, 0.15) is 59.8 Å². The van der Waals surface area contributed by atoms with E-state index >= 15 is 0 Å². The third-order valence-electron chi connectivity index (χ3n) is 9.65. The highest BCUT2D eigenvalue weighted by atomic mass is 16.5. The van der Waals surface area contributed by atoms with E-state index in [4.69, 9.17) is 4.74 Å². The van der Waals surface area contributed by atoms with Crippen LogP contribution in [-0.2, 0) is 16.6 Å². The summed E-state index contributed by atoms with van der Waals surface area (Å²) >= 11 is 0. The average molecular weight is 709 g/mol. The van der Waals surface area contributed by atoms with E-state index in [1.165, 1.54) is 0 Å². The number of imide groups is 1. The minimum absolute atomic E-state index is 0.00300. The molecule has 3 N–H and O–H groups in total. The highest BCUT2D eigenvalue weighted by Crippen LogP contribution is 2.42. The number of ether oxygens (including phenoxy) is 1. The molecule has 3 amide bonds. The summed E-state index contributed by atoms with van der Waals surface area (Å²) in [5, 5.41) is 9.30. The second kappa shape index (κ2) is 14.7. The molecule has 0 aliphatic carbocycles. The van der Waals surface area contributed by atoms with Crippen molar-refractivity contribution in [2.45, 2.75) is 45.6 Å². The molecule has 2 aromatic heterocycles. The van der Waals surface area contributed by atoms with Crippen molar-refractivity contribution >= 4 is 45.7 Å². The Labute approximate surface area is 307 Å². The number of hydrogen-bond acceptors (Lipinski definition) is 8. The van der Waals surface area contributed by atoms with Crippen LogP contribution in [0.5, 0.6) is 5.75 Å². The van der Waals surface area contributed by atoms with Crippen LogP contribution in [0.3, 0.4) is 0 Å². The number of carbonyl (C=O) groups is 3. The van der Waals surface area contributed by atoms with Gasteiger partial charge in [0.05, 0.1) is 30.0 Å². The Morgan fingerprint density at radius 1 is 1.02 bits per heavy atom. The van der Waals surface area contributed by atoms with Gasteiger partial charge in [0.15, 0.2) is 0 Å². The van der Waals surface area contributed by atoms with Crippen molar-refractivity contribution in [3.8, 4) is 28.7 Å². The van der Waals surface area contributed by atoms with Crippen molar-refractivity contribution in [2.75, 3.05) is 29.9 Å². The number of fused-ring (bicyclic) bond motifs is 2. The summed E-state index contributed by atoms with van der Waals surface area (Å²) < 4.78 is 7.90. The molecule has 0 saturated carbocycles. The van der Waals surface area contributed by atoms with Gasteiger partial charge in [0.1, 0.15) is 24.1 Å². The molecule has 1 saturated heterocycles. The smallest absolute Gasteiger partial charge is 0.270 e. The number of piperidine rings is 1. The number of anilines is 3. The lowest BCUT2D eigenvalue weighted by molar-refractivity contribution is -0.133. The summed E-state index contributed by atoms with van der Waals surface area (Å²) in [7, 11) is 1.83. The molecule has 0 radical (unpaired) electrons. The molecule has 1 fully saturated rings. The largest absolute Gasteiger partial charge is 0.490 e. The molecule has 4 heterocycles. The van der Waals surface area contributed by atoms with Gasteiger partial charge in [-0.1, -0.05) is 43.9 Å². The van der Waals surface area contributed by atoms with E-state index in [9.17, 15) is 19.2 Å². The molecule has 53 heavy (non-hydrogen) atoms. The summed E-state index contributed by atoms with van der Waals surface area (Å²) in [6.45, 7) is 7.45. The Balaban J connectivity index is 1.03. The molecular formula is C42H40N6O5. The Morgan fingerprint density at radius 2 is 1.85 bits per heavy atom. The minimum Gasteiger partial charge on any atom is -0.490 e. The first-order valence-electron chi connectivity index (χ1n) is 17.7. The van der Waals surface area contributed by atoms with Gasteiger partial charge in [-0.3, -0.25) is 29.5 Å². The number of benzene rings is 3. The lowest BCUT2D eigenvalue weighted by Crippen LogP contribution is -2.47. The van der Waals surface area contributed by atoms with Crippen molar-refractivity contribution in [1.82, 2.24) is 20.2 Å². The lowest BCUT2D eigenvalue weighted by Gasteiger charge is -2.33. The van der Waals surface area contributed by atoms with E-state index in [1.54, 1.807) is 16.8 Å². The average Bonchev–Trinajstić information content (AvgIpc) is 3.16. The van der Waals surface area contributed by atoms with Crippen LogP contribution in [0.2, 0.25) is 0 Å². The van der Waals surface area contributed by atoms with Crippen LogP contribution in [0.25, 0.3) is 22.0 Å². The summed E-state index contributed by atoms with van der Waals surface area (Å²) in [5.74, 6) is 6.08. The number of aromatic nitrogens is 2. The third kappa shape index (κ3) is 7.35. The Hall–Kier alpha value is -6.41. The summed E-state index contributed by atoms with van der Waals surface area (Å²) in [5.41, 5.74) is 8.20. The zero-order chi connectivity index (χ0) is 37.2. The summed E-state index contributed by atoms with van der Waals surface area (Å²) in [6.07, 6.45) is 2.40. The number of nitrogens with zero attached hydrogens (tertiary/aromatic N) is 3. The number of carbonyl (C=O) groups excluding carboxylic acids is 3. The Bertz CT molecular complexity index is 2390. The molecule has 2 aliphatic heterocycles. The molecule has 0 spiro atoms. The van der Waals surface area contributed by atoms with E-state index in [-0.39, 0.29) is 41.4 Å². The fraction of sp³-hybridized carbons (Fsp3) is 0.262. The van der Waals surface area contributed by atoms with Crippen molar-refractivity contribution in [3.05, 3.63) is 112 Å². The van der Waals surface area contributed by atoms with Crippen molar-refractivity contribution in [1.29, 1.82) is 0 Å². The van der Waals surface area contributed by atoms with Crippen LogP contribution < -0.4 is 31.1 Å². The Kier molecular flexibility index (Phi) is 9.70. The summed E-state index contributed by atoms with van der Waals surface area (Å²) in [6, 6.07) is 22.8. The van der Waals surface area contributed by atoms with Crippen LogP contribution in [0.15, 0.2) is 83.8 Å². The predicted molar refractivity (Wildman–Crippen MR) is 206 cm³/mol. The maximum Gasteiger partial charge on any atom is 0.270 e. The molecule has 7 rings (SSSR count). The van der Waals surface area contributed by atoms with E-state index in [0.717, 1.165) is 56.0 Å². The fourth-order valence-electron chi connectivity index (χ4n) is 6.71.